The topological polar surface area (TPSA) is 65.0 Å². The second-order valence-electron chi connectivity index (χ2n) is 2.12. The molecule has 0 aliphatic heterocycles. The number of aliphatic carboxylic acids is 1. The number of carboxylic acid groups (broad SMARTS) is 1. The van der Waals surface area contributed by atoms with Crippen LogP contribution in [0.2, 0.25) is 0 Å². The molecule has 0 bridgehead atoms. The third-order valence-corrected chi connectivity index (χ3v) is 1.18. The zero-order valence-electron chi connectivity index (χ0n) is 7.28. The van der Waals surface area contributed by atoms with Crippen LogP contribution in [0.4, 0.5) is 0 Å². The molecule has 0 fully saturated rings. The number of hydrogen-bond donors (Lipinski definition) is 1. The van der Waals surface area contributed by atoms with Crippen LogP contribution in [0.15, 0.2) is 0 Å². The predicted molar refractivity (Wildman–Crippen MR) is 40.9 cm³/mol. The molecule has 0 spiro atoms. The monoisotopic (exact) mass is 178 g/mol. The molecule has 1 atom stereocenters. The molecule has 72 valence electrons. The molecule has 1 N–H and O–H groups in total. The molecule has 0 aromatic rings. The average Bonchev–Trinajstić information content (AvgIpc) is 2.04. The lowest BCUT2D eigenvalue weighted by molar-refractivity contribution is -0.183. The molecule has 0 heterocycles. The van der Waals surface area contributed by atoms with Gasteiger partial charge in [0.2, 0.25) is 0 Å². The molecule has 0 radical (unpaired) electrons. The fourth-order valence-electron chi connectivity index (χ4n) is 0.634. The molecule has 0 aromatic heterocycles. The maximum Gasteiger partial charge on any atom is 0.361 e. The smallest absolute Gasteiger partial charge is 0.361 e. The summed E-state index contributed by atoms with van der Waals surface area (Å²) in [6.45, 7) is 0.870. The van der Waals surface area contributed by atoms with Gasteiger partial charge >= 0.3 is 5.97 Å². The van der Waals surface area contributed by atoms with Gasteiger partial charge in [-0.15, -0.1) is 0 Å². The number of methoxy groups -OCH3 is 2. The molecule has 0 rings (SSSR count). The van der Waals surface area contributed by atoms with Crippen LogP contribution in [-0.4, -0.2) is 44.8 Å². The summed E-state index contributed by atoms with van der Waals surface area (Å²) in [5.41, 5.74) is 0. The molecule has 0 aliphatic rings. The molecule has 0 aliphatic carbocycles. The molecule has 0 aromatic carbocycles. The number of ether oxygens (including phenoxy) is 3. The first-order valence-electron chi connectivity index (χ1n) is 3.58. The highest BCUT2D eigenvalue weighted by atomic mass is 16.7. The summed E-state index contributed by atoms with van der Waals surface area (Å²) in [5, 5.41) is 8.45. The molecule has 1 unspecified atom stereocenters. The Morgan fingerprint density at radius 3 is 2.50 bits per heavy atom. The molecule has 5 nitrogen and oxygen atoms in total. The fraction of sp³-hybridized carbons (Fsp3) is 0.857. The van der Waals surface area contributed by atoms with Gasteiger partial charge in [-0.25, -0.2) is 4.79 Å². The Bertz CT molecular complexity index is 125. The van der Waals surface area contributed by atoms with E-state index in [0.29, 0.717) is 19.6 Å². The van der Waals surface area contributed by atoms with E-state index in [1.165, 1.54) is 7.11 Å². The number of carboxylic acids is 1. The first-order chi connectivity index (χ1) is 5.72. The van der Waals surface area contributed by atoms with Crippen LogP contribution in [0.25, 0.3) is 0 Å². The summed E-state index contributed by atoms with van der Waals surface area (Å²) in [6, 6.07) is 0. The van der Waals surface area contributed by atoms with E-state index in [1.807, 2.05) is 0 Å². The van der Waals surface area contributed by atoms with Gasteiger partial charge in [-0.1, -0.05) is 0 Å². The Hall–Kier alpha value is -0.650. The van der Waals surface area contributed by atoms with Gasteiger partial charge < -0.3 is 19.3 Å². The van der Waals surface area contributed by atoms with E-state index in [0.717, 1.165) is 0 Å². The van der Waals surface area contributed by atoms with Crippen molar-refractivity contribution in [3.63, 3.8) is 0 Å². The molecule has 5 heteroatoms. The lowest BCUT2D eigenvalue weighted by atomic mass is 10.5. The summed E-state index contributed by atoms with van der Waals surface area (Å²) in [6.07, 6.45) is -0.509. The molecular formula is C7H14O5. The number of rotatable bonds is 7. The van der Waals surface area contributed by atoms with Crippen molar-refractivity contribution < 1.29 is 24.1 Å². The van der Waals surface area contributed by atoms with Crippen molar-refractivity contribution in [2.24, 2.45) is 0 Å². The van der Waals surface area contributed by atoms with Crippen molar-refractivity contribution in [3.8, 4) is 0 Å². The third kappa shape index (κ3) is 5.06. The van der Waals surface area contributed by atoms with Crippen LogP contribution in [0, 0.1) is 0 Å². The minimum absolute atomic E-state index is 0.318. The average molecular weight is 178 g/mol. The van der Waals surface area contributed by atoms with Crippen molar-refractivity contribution in [3.05, 3.63) is 0 Å². The number of carbonyl (C=O) groups is 1. The summed E-state index contributed by atoms with van der Waals surface area (Å²) in [5.74, 6) is -1.12. The largest absolute Gasteiger partial charge is 0.477 e. The van der Waals surface area contributed by atoms with Crippen molar-refractivity contribution >= 4 is 5.97 Å². The van der Waals surface area contributed by atoms with Gasteiger partial charge in [-0.2, -0.15) is 0 Å². The maximum absolute atomic E-state index is 10.3. The highest BCUT2D eigenvalue weighted by Crippen LogP contribution is 1.94. The van der Waals surface area contributed by atoms with E-state index in [2.05, 4.69) is 4.74 Å². The summed E-state index contributed by atoms with van der Waals surface area (Å²) >= 11 is 0. The van der Waals surface area contributed by atoms with Gasteiger partial charge in [0.15, 0.2) is 0 Å². The molecular weight excluding hydrogens is 164 g/mol. The van der Waals surface area contributed by atoms with Crippen LogP contribution in [0.1, 0.15) is 6.42 Å². The highest BCUT2D eigenvalue weighted by molar-refractivity contribution is 5.70. The lowest BCUT2D eigenvalue weighted by Crippen LogP contribution is -2.26. The van der Waals surface area contributed by atoms with E-state index in [-0.39, 0.29) is 0 Å². The Kier molecular flexibility index (Phi) is 6.64. The van der Waals surface area contributed by atoms with Crippen molar-refractivity contribution in [2.75, 3.05) is 27.4 Å². The Labute approximate surface area is 71.2 Å². The predicted octanol–water partition coefficient (Wildman–Crippen LogP) is 0.0966. The van der Waals surface area contributed by atoms with E-state index in [1.54, 1.807) is 7.11 Å². The van der Waals surface area contributed by atoms with Gasteiger partial charge in [0, 0.05) is 20.8 Å². The quantitative estimate of drug-likeness (QED) is 0.442. The summed E-state index contributed by atoms with van der Waals surface area (Å²) in [4.78, 5) is 10.3. The summed E-state index contributed by atoms with van der Waals surface area (Å²) in [7, 11) is 2.86. The highest BCUT2D eigenvalue weighted by Gasteiger charge is 2.15. The fourth-order valence-corrected chi connectivity index (χ4v) is 0.634. The minimum atomic E-state index is -1.16. The van der Waals surface area contributed by atoms with Crippen LogP contribution >= 0.6 is 0 Å². The van der Waals surface area contributed by atoms with Crippen LogP contribution < -0.4 is 0 Å². The van der Waals surface area contributed by atoms with E-state index < -0.39 is 12.3 Å². The first-order valence-corrected chi connectivity index (χ1v) is 3.58. The third-order valence-electron chi connectivity index (χ3n) is 1.18. The van der Waals surface area contributed by atoms with Crippen molar-refractivity contribution in [1.29, 1.82) is 0 Å². The Balaban J connectivity index is 3.38. The normalized spacial score (nSPS) is 12.8. The van der Waals surface area contributed by atoms with Gasteiger partial charge in [-0.05, 0) is 6.42 Å². The Morgan fingerprint density at radius 1 is 1.42 bits per heavy atom. The second-order valence-corrected chi connectivity index (χ2v) is 2.12. The zero-order chi connectivity index (χ0) is 9.40. The van der Waals surface area contributed by atoms with Crippen LogP contribution in [-0.2, 0) is 19.0 Å². The van der Waals surface area contributed by atoms with Crippen LogP contribution in [0.5, 0.6) is 0 Å². The van der Waals surface area contributed by atoms with Crippen LogP contribution in [0.3, 0.4) is 0 Å². The van der Waals surface area contributed by atoms with Gasteiger partial charge in [0.05, 0.1) is 6.61 Å². The maximum atomic E-state index is 10.3. The first kappa shape index (κ1) is 11.4. The van der Waals surface area contributed by atoms with Crippen molar-refractivity contribution in [2.45, 2.75) is 12.7 Å². The van der Waals surface area contributed by atoms with E-state index >= 15 is 0 Å². The minimum Gasteiger partial charge on any atom is -0.477 e. The standard InChI is InChI=1S/C7H14O5/c1-10-4-3-5-12-7(11-2)6(8)9/h7H,3-5H2,1-2H3,(H,8,9). The van der Waals surface area contributed by atoms with Gasteiger partial charge in [-0.3, -0.25) is 0 Å². The Morgan fingerprint density at radius 2 is 2.08 bits per heavy atom. The molecule has 0 saturated carbocycles. The van der Waals surface area contributed by atoms with Crippen molar-refractivity contribution in [1.82, 2.24) is 0 Å². The molecule has 0 saturated heterocycles. The molecule has 12 heavy (non-hydrogen) atoms. The summed E-state index contributed by atoms with van der Waals surface area (Å²) < 4.78 is 14.1. The van der Waals surface area contributed by atoms with E-state index in [9.17, 15) is 4.79 Å². The van der Waals surface area contributed by atoms with Gasteiger partial charge in [0.1, 0.15) is 0 Å². The lowest BCUT2D eigenvalue weighted by Gasteiger charge is -2.10. The molecule has 0 amide bonds. The van der Waals surface area contributed by atoms with Gasteiger partial charge in [0.25, 0.3) is 6.29 Å². The van der Waals surface area contributed by atoms with E-state index in [4.69, 9.17) is 14.6 Å². The number of hydrogen-bond acceptors (Lipinski definition) is 4. The second kappa shape index (κ2) is 7.02. The zero-order valence-corrected chi connectivity index (χ0v) is 7.28. The SMILES string of the molecule is COCCCOC(OC)C(=O)O.